The predicted octanol–water partition coefficient (Wildman–Crippen LogP) is 1.98. The van der Waals surface area contributed by atoms with Crippen molar-refractivity contribution in [1.82, 2.24) is 14.7 Å². The third-order valence-corrected chi connectivity index (χ3v) is 4.76. The van der Waals surface area contributed by atoms with Crippen LogP contribution in [0.4, 0.5) is 4.39 Å². The van der Waals surface area contributed by atoms with Crippen LogP contribution in [0.25, 0.3) is 0 Å². The van der Waals surface area contributed by atoms with Gasteiger partial charge in [-0.1, -0.05) is 6.07 Å². The third-order valence-electron chi connectivity index (χ3n) is 4.76. The van der Waals surface area contributed by atoms with Gasteiger partial charge < -0.3 is 9.80 Å². The molecule has 146 valence electrons. The SMILES string of the molecule is CCN(CC(C)C#N)C(=O)CN1CCCN(C(=O)c2cccc(F)c2)CC1. The highest BCUT2D eigenvalue weighted by Gasteiger charge is 2.23. The highest BCUT2D eigenvalue weighted by atomic mass is 19.1. The van der Waals surface area contributed by atoms with E-state index in [-0.39, 0.29) is 24.3 Å². The number of rotatable bonds is 6. The minimum Gasteiger partial charge on any atom is -0.341 e. The molecular formula is C20H27FN4O2. The van der Waals surface area contributed by atoms with E-state index in [1.54, 1.807) is 22.8 Å². The fourth-order valence-electron chi connectivity index (χ4n) is 3.21. The Morgan fingerprint density at radius 3 is 2.74 bits per heavy atom. The van der Waals surface area contributed by atoms with Crippen molar-refractivity contribution in [2.75, 3.05) is 45.8 Å². The van der Waals surface area contributed by atoms with E-state index < -0.39 is 5.82 Å². The number of nitriles is 1. The van der Waals surface area contributed by atoms with E-state index in [1.807, 2.05) is 11.8 Å². The summed E-state index contributed by atoms with van der Waals surface area (Å²) < 4.78 is 13.4. The molecule has 1 atom stereocenters. The lowest BCUT2D eigenvalue weighted by molar-refractivity contribution is -0.132. The molecule has 1 aliphatic heterocycles. The van der Waals surface area contributed by atoms with Gasteiger partial charge in [-0.05, 0) is 38.5 Å². The van der Waals surface area contributed by atoms with E-state index in [1.165, 1.54) is 18.2 Å². The van der Waals surface area contributed by atoms with Crippen LogP contribution < -0.4 is 0 Å². The highest BCUT2D eigenvalue weighted by Crippen LogP contribution is 2.11. The molecule has 1 unspecified atom stereocenters. The Kier molecular flexibility index (Phi) is 7.74. The number of likely N-dealkylation sites (N-methyl/N-ethyl adjacent to an activating group) is 1. The second-order valence-corrected chi connectivity index (χ2v) is 6.89. The van der Waals surface area contributed by atoms with Gasteiger partial charge in [0, 0.05) is 44.8 Å². The first-order chi connectivity index (χ1) is 12.9. The average Bonchev–Trinajstić information content (AvgIpc) is 2.90. The molecule has 1 saturated heterocycles. The number of hydrogen-bond donors (Lipinski definition) is 0. The maximum absolute atomic E-state index is 13.4. The zero-order chi connectivity index (χ0) is 19.8. The first kappa shape index (κ1) is 20.8. The smallest absolute Gasteiger partial charge is 0.254 e. The summed E-state index contributed by atoms with van der Waals surface area (Å²) in [5, 5.41) is 8.95. The quantitative estimate of drug-likeness (QED) is 0.764. The summed E-state index contributed by atoms with van der Waals surface area (Å²) in [5.74, 6) is -0.795. The van der Waals surface area contributed by atoms with E-state index in [0.717, 1.165) is 13.0 Å². The monoisotopic (exact) mass is 374 g/mol. The first-order valence-corrected chi connectivity index (χ1v) is 9.39. The highest BCUT2D eigenvalue weighted by molar-refractivity contribution is 5.94. The zero-order valence-corrected chi connectivity index (χ0v) is 16.0. The van der Waals surface area contributed by atoms with Crippen LogP contribution in [0.2, 0.25) is 0 Å². The number of halogens is 1. The summed E-state index contributed by atoms with van der Waals surface area (Å²) in [6.45, 7) is 7.41. The molecule has 0 bridgehead atoms. The molecule has 6 nitrogen and oxygen atoms in total. The van der Waals surface area contributed by atoms with Crippen LogP contribution in [0.5, 0.6) is 0 Å². The Bertz CT molecular complexity index is 703. The standard InChI is InChI=1S/C20H27FN4O2/c1-3-24(14-16(2)13-22)19(26)15-23-8-5-9-25(11-10-23)20(27)17-6-4-7-18(21)12-17/h4,6-7,12,16H,3,5,8-11,14-15H2,1-2H3. The fraction of sp³-hybridized carbons (Fsp3) is 0.550. The largest absolute Gasteiger partial charge is 0.341 e. The van der Waals surface area contributed by atoms with Crippen molar-refractivity contribution >= 4 is 11.8 Å². The Hall–Kier alpha value is -2.46. The topological polar surface area (TPSA) is 67.7 Å². The molecule has 0 radical (unpaired) electrons. The molecule has 1 aromatic carbocycles. The molecule has 1 aromatic rings. The molecule has 1 heterocycles. The van der Waals surface area contributed by atoms with Crippen molar-refractivity contribution < 1.29 is 14.0 Å². The summed E-state index contributed by atoms with van der Waals surface area (Å²) in [4.78, 5) is 30.6. The van der Waals surface area contributed by atoms with Crippen LogP contribution in [0.1, 0.15) is 30.6 Å². The van der Waals surface area contributed by atoms with Gasteiger partial charge >= 0.3 is 0 Å². The number of benzene rings is 1. The van der Waals surface area contributed by atoms with E-state index >= 15 is 0 Å². The minimum absolute atomic E-state index is 0.00417. The van der Waals surface area contributed by atoms with Crippen LogP contribution in [0.3, 0.4) is 0 Å². The second-order valence-electron chi connectivity index (χ2n) is 6.89. The molecule has 27 heavy (non-hydrogen) atoms. The van der Waals surface area contributed by atoms with Crippen molar-refractivity contribution in [2.24, 2.45) is 5.92 Å². The molecule has 0 N–H and O–H groups in total. The van der Waals surface area contributed by atoms with E-state index in [2.05, 4.69) is 6.07 Å². The number of amides is 2. The Morgan fingerprint density at radius 2 is 2.07 bits per heavy atom. The summed E-state index contributed by atoms with van der Waals surface area (Å²) in [7, 11) is 0. The van der Waals surface area contributed by atoms with Gasteiger partial charge in [-0.25, -0.2) is 4.39 Å². The van der Waals surface area contributed by atoms with Crippen LogP contribution in [-0.4, -0.2) is 72.3 Å². The number of hydrogen-bond acceptors (Lipinski definition) is 4. The molecule has 0 aliphatic carbocycles. The van der Waals surface area contributed by atoms with Crippen molar-refractivity contribution in [1.29, 1.82) is 5.26 Å². The lowest BCUT2D eigenvalue weighted by Crippen LogP contribution is -2.43. The normalized spacial score (nSPS) is 16.3. The lowest BCUT2D eigenvalue weighted by Gasteiger charge is -2.26. The van der Waals surface area contributed by atoms with Gasteiger partial charge in [0.15, 0.2) is 0 Å². The summed E-state index contributed by atoms with van der Waals surface area (Å²) in [6, 6.07) is 7.88. The molecule has 2 rings (SSSR count). The fourth-order valence-corrected chi connectivity index (χ4v) is 3.21. The van der Waals surface area contributed by atoms with Crippen molar-refractivity contribution in [2.45, 2.75) is 20.3 Å². The predicted molar refractivity (Wildman–Crippen MR) is 100 cm³/mol. The number of nitrogens with zero attached hydrogens (tertiary/aromatic N) is 4. The van der Waals surface area contributed by atoms with E-state index in [0.29, 0.717) is 38.3 Å². The number of carbonyl (C=O) groups is 2. The number of carbonyl (C=O) groups excluding carboxylic acids is 2. The molecule has 2 amide bonds. The Balaban J connectivity index is 1.91. The molecule has 7 heteroatoms. The molecule has 0 spiro atoms. The second kappa shape index (κ2) is 10.0. The maximum Gasteiger partial charge on any atom is 0.254 e. The minimum atomic E-state index is -0.422. The zero-order valence-electron chi connectivity index (χ0n) is 16.0. The van der Waals surface area contributed by atoms with Gasteiger partial charge in [-0.3, -0.25) is 14.5 Å². The van der Waals surface area contributed by atoms with Crippen molar-refractivity contribution in [3.8, 4) is 6.07 Å². The summed E-state index contributed by atoms with van der Waals surface area (Å²) in [5.41, 5.74) is 0.349. The van der Waals surface area contributed by atoms with Gasteiger partial charge in [-0.2, -0.15) is 5.26 Å². The average molecular weight is 374 g/mol. The maximum atomic E-state index is 13.4. The van der Waals surface area contributed by atoms with Gasteiger partial charge in [0.2, 0.25) is 5.91 Å². The van der Waals surface area contributed by atoms with E-state index in [4.69, 9.17) is 5.26 Å². The molecular weight excluding hydrogens is 347 g/mol. The molecule has 0 saturated carbocycles. The molecule has 1 aliphatic rings. The van der Waals surface area contributed by atoms with Gasteiger partial charge in [0.05, 0.1) is 18.5 Å². The summed E-state index contributed by atoms with van der Waals surface area (Å²) in [6.07, 6.45) is 0.759. The van der Waals surface area contributed by atoms with Crippen LogP contribution in [0, 0.1) is 23.1 Å². The first-order valence-electron chi connectivity index (χ1n) is 9.39. The van der Waals surface area contributed by atoms with Gasteiger partial charge in [0.1, 0.15) is 5.82 Å². The lowest BCUT2D eigenvalue weighted by atomic mass is 10.2. The van der Waals surface area contributed by atoms with Crippen LogP contribution in [-0.2, 0) is 4.79 Å². The Morgan fingerprint density at radius 1 is 1.30 bits per heavy atom. The molecule has 1 fully saturated rings. The van der Waals surface area contributed by atoms with Crippen LogP contribution >= 0.6 is 0 Å². The summed E-state index contributed by atoms with van der Waals surface area (Å²) >= 11 is 0. The third kappa shape index (κ3) is 6.04. The van der Waals surface area contributed by atoms with Crippen molar-refractivity contribution in [3.05, 3.63) is 35.6 Å². The van der Waals surface area contributed by atoms with Gasteiger partial charge in [0.25, 0.3) is 5.91 Å². The van der Waals surface area contributed by atoms with Crippen molar-refractivity contribution in [3.63, 3.8) is 0 Å². The van der Waals surface area contributed by atoms with E-state index in [9.17, 15) is 14.0 Å². The van der Waals surface area contributed by atoms with Gasteiger partial charge in [-0.15, -0.1) is 0 Å². The Labute approximate surface area is 160 Å². The molecule has 0 aromatic heterocycles. The van der Waals surface area contributed by atoms with Crippen LogP contribution in [0.15, 0.2) is 24.3 Å².